The molecule has 0 saturated heterocycles. The molecule has 0 aliphatic carbocycles. The maximum Gasteiger partial charge on any atom is 0.313 e. The summed E-state index contributed by atoms with van der Waals surface area (Å²) in [5, 5.41) is 22.4. The van der Waals surface area contributed by atoms with E-state index in [-0.39, 0.29) is 6.61 Å². The van der Waals surface area contributed by atoms with Crippen molar-refractivity contribution in [1.82, 2.24) is 5.32 Å². The lowest BCUT2D eigenvalue weighted by atomic mass is 10.2. The van der Waals surface area contributed by atoms with Gasteiger partial charge in [0.25, 0.3) is 0 Å². The molecule has 0 aliphatic rings. The Labute approximate surface area is 111 Å². The second-order valence-corrected chi connectivity index (χ2v) is 3.91. The Morgan fingerprint density at radius 1 is 1.42 bits per heavy atom. The van der Waals surface area contributed by atoms with Gasteiger partial charge in [0, 0.05) is 5.69 Å². The van der Waals surface area contributed by atoms with E-state index in [1.807, 2.05) is 6.07 Å². The van der Waals surface area contributed by atoms with E-state index in [2.05, 4.69) is 10.6 Å². The number of nitrogens with one attached hydrogen (secondary N) is 2. The van der Waals surface area contributed by atoms with Crippen molar-refractivity contribution in [1.29, 1.82) is 5.26 Å². The smallest absolute Gasteiger partial charge is 0.313 e. The van der Waals surface area contributed by atoms with E-state index in [4.69, 9.17) is 10.4 Å². The van der Waals surface area contributed by atoms with Crippen molar-refractivity contribution >= 4 is 17.5 Å². The van der Waals surface area contributed by atoms with Crippen molar-refractivity contribution in [3.05, 3.63) is 29.8 Å². The quantitative estimate of drug-likeness (QED) is 0.682. The number of aliphatic hydroxyl groups is 1. The lowest BCUT2D eigenvalue weighted by Gasteiger charge is -2.13. The zero-order valence-corrected chi connectivity index (χ0v) is 10.5. The maximum atomic E-state index is 11.6. The molecule has 19 heavy (non-hydrogen) atoms. The van der Waals surface area contributed by atoms with E-state index in [0.29, 0.717) is 17.7 Å². The average Bonchev–Trinajstić information content (AvgIpc) is 2.44. The SMILES string of the molecule is CCC(CO)NC(=O)C(=O)Nc1cccc(C#N)c1. The lowest BCUT2D eigenvalue weighted by Crippen LogP contribution is -2.43. The second-order valence-electron chi connectivity index (χ2n) is 3.91. The molecule has 0 aromatic heterocycles. The fraction of sp³-hybridized carbons (Fsp3) is 0.308. The Morgan fingerprint density at radius 2 is 2.16 bits per heavy atom. The van der Waals surface area contributed by atoms with Crippen LogP contribution < -0.4 is 10.6 Å². The number of amides is 2. The zero-order valence-electron chi connectivity index (χ0n) is 10.5. The Hall–Kier alpha value is -2.39. The molecular formula is C13H15N3O3. The van der Waals surface area contributed by atoms with Crippen molar-refractivity contribution in [2.24, 2.45) is 0 Å². The normalized spacial score (nSPS) is 11.2. The largest absolute Gasteiger partial charge is 0.394 e. The molecule has 0 bridgehead atoms. The third-order valence-corrected chi connectivity index (χ3v) is 2.50. The third-order valence-electron chi connectivity index (χ3n) is 2.50. The predicted molar refractivity (Wildman–Crippen MR) is 69.1 cm³/mol. The minimum atomic E-state index is -0.831. The summed E-state index contributed by atoms with van der Waals surface area (Å²) >= 11 is 0. The number of hydrogen-bond acceptors (Lipinski definition) is 4. The molecule has 0 aliphatic heterocycles. The van der Waals surface area contributed by atoms with Crippen LogP contribution in [-0.4, -0.2) is 29.6 Å². The Bertz CT molecular complexity index is 504. The van der Waals surface area contributed by atoms with E-state index in [1.54, 1.807) is 25.1 Å². The summed E-state index contributed by atoms with van der Waals surface area (Å²) < 4.78 is 0. The molecule has 1 unspecified atom stereocenters. The van der Waals surface area contributed by atoms with Gasteiger partial charge in [-0.05, 0) is 24.6 Å². The second kappa shape index (κ2) is 7.13. The van der Waals surface area contributed by atoms with Gasteiger partial charge in [-0.15, -0.1) is 0 Å². The number of hydrogen-bond donors (Lipinski definition) is 3. The standard InChI is InChI=1S/C13H15N3O3/c1-2-10(8-17)15-12(18)13(19)16-11-5-3-4-9(6-11)7-14/h3-6,10,17H,2,8H2,1H3,(H,15,18)(H,16,19). The molecular weight excluding hydrogens is 246 g/mol. The van der Waals surface area contributed by atoms with Crippen LogP contribution in [0.3, 0.4) is 0 Å². The van der Waals surface area contributed by atoms with Crippen molar-refractivity contribution in [2.45, 2.75) is 19.4 Å². The molecule has 0 heterocycles. The first-order valence-corrected chi connectivity index (χ1v) is 5.83. The number of carbonyl (C=O) groups excluding carboxylic acids is 2. The summed E-state index contributed by atoms with van der Waals surface area (Å²) in [5.41, 5.74) is 0.760. The van der Waals surface area contributed by atoms with Crippen molar-refractivity contribution < 1.29 is 14.7 Å². The molecule has 0 radical (unpaired) electrons. The van der Waals surface area contributed by atoms with Crippen molar-refractivity contribution in [3.8, 4) is 6.07 Å². The van der Waals surface area contributed by atoms with Crippen molar-refractivity contribution in [3.63, 3.8) is 0 Å². The number of nitrogens with zero attached hydrogens (tertiary/aromatic N) is 1. The summed E-state index contributed by atoms with van der Waals surface area (Å²) in [6.07, 6.45) is 0.527. The molecule has 100 valence electrons. The van der Waals surface area contributed by atoms with Crippen molar-refractivity contribution in [2.75, 3.05) is 11.9 Å². The number of carbonyl (C=O) groups is 2. The minimum Gasteiger partial charge on any atom is -0.394 e. The van der Waals surface area contributed by atoms with Crippen LogP contribution in [0.15, 0.2) is 24.3 Å². The molecule has 3 N–H and O–H groups in total. The van der Waals surface area contributed by atoms with E-state index in [9.17, 15) is 9.59 Å². The molecule has 2 amide bonds. The highest BCUT2D eigenvalue weighted by molar-refractivity contribution is 6.39. The van der Waals surface area contributed by atoms with Gasteiger partial charge in [0.15, 0.2) is 0 Å². The Balaban J connectivity index is 2.64. The van der Waals surface area contributed by atoms with Gasteiger partial charge in [-0.1, -0.05) is 13.0 Å². The summed E-state index contributed by atoms with van der Waals surface area (Å²) in [4.78, 5) is 23.1. The van der Waals surface area contributed by atoms with Crippen LogP contribution in [0.1, 0.15) is 18.9 Å². The van der Waals surface area contributed by atoms with E-state index >= 15 is 0 Å². The van der Waals surface area contributed by atoms with Crippen LogP contribution in [0.4, 0.5) is 5.69 Å². The van der Waals surface area contributed by atoms with Gasteiger partial charge in [0.2, 0.25) is 0 Å². The van der Waals surface area contributed by atoms with Crippen LogP contribution in [0.5, 0.6) is 0 Å². The first kappa shape index (κ1) is 14.7. The summed E-state index contributed by atoms with van der Waals surface area (Å²) in [5.74, 6) is -1.65. The molecule has 1 aromatic carbocycles. The highest BCUT2D eigenvalue weighted by atomic mass is 16.3. The molecule has 0 fully saturated rings. The van der Waals surface area contributed by atoms with Crippen LogP contribution in [-0.2, 0) is 9.59 Å². The summed E-state index contributed by atoms with van der Waals surface area (Å²) in [6.45, 7) is 1.56. The molecule has 6 heteroatoms. The lowest BCUT2D eigenvalue weighted by molar-refractivity contribution is -0.136. The third kappa shape index (κ3) is 4.41. The van der Waals surface area contributed by atoms with E-state index in [0.717, 1.165) is 0 Å². The summed E-state index contributed by atoms with van der Waals surface area (Å²) in [7, 11) is 0. The van der Waals surface area contributed by atoms with Gasteiger partial charge in [-0.2, -0.15) is 5.26 Å². The zero-order chi connectivity index (χ0) is 14.3. The van der Waals surface area contributed by atoms with Crippen LogP contribution in [0.2, 0.25) is 0 Å². The van der Waals surface area contributed by atoms with E-state index < -0.39 is 17.9 Å². The molecule has 0 saturated carbocycles. The number of rotatable bonds is 4. The maximum absolute atomic E-state index is 11.6. The van der Waals surface area contributed by atoms with Gasteiger partial charge < -0.3 is 15.7 Å². The molecule has 6 nitrogen and oxygen atoms in total. The monoisotopic (exact) mass is 261 g/mol. The number of anilines is 1. The topological polar surface area (TPSA) is 102 Å². The Morgan fingerprint density at radius 3 is 2.74 bits per heavy atom. The Kier molecular flexibility index (Phi) is 5.51. The van der Waals surface area contributed by atoms with Crippen LogP contribution >= 0.6 is 0 Å². The van der Waals surface area contributed by atoms with Crippen LogP contribution in [0.25, 0.3) is 0 Å². The average molecular weight is 261 g/mol. The summed E-state index contributed by atoms with van der Waals surface area (Å²) in [6, 6.07) is 7.74. The molecule has 1 atom stereocenters. The highest BCUT2D eigenvalue weighted by Gasteiger charge is 2.17. The highest BCUT2D eigenvalue weighted by Crippen LogP contribution is 2.09. The molecule has 1 rings (SSSR count). The fourth-order valence-corrected chi connectivity index (χ4v) is 1.38. The van der Waals surface area contributed by atoms with Gasteiger partial charge >= 0.3 is 11.8 Å². The van der Waals surface area contributed by atoms with Gasteiger partial charge in [0.05, 0.1) is 24.3 Å². The van der Waals surface area contributed by atoms with Crippen LogP contribution in [0, 0.1) is 11.3 Å². The fourth-order valence-electron chi connectivity index (χ4n) is 1.38. The molecule has 0 spiro atoms. The van der Waals surface area contributed by atoms with Gasteiger partial charge in [-0.3, -0.25) is 9.59 Å². The van der Waals surface area contributed by atoms with Gasteiger partial charge in [-0.25, -0.2) is 0 Å². The number of aliphatic hydroxyl groups excluding tert-OH is 1. The first-order valence-electron chi connectivity index (χ1n) is 5.83. The minimum absolute atomic E-state index is 0.223. The van der Waals surface area contributed by atoms with E-state index in [1.165, 1.54) is 6.07 Å². The molecule has 1 aromatic rings. The predicted octanol–water partition coefficient (Wildman–Crippen LogP) is 0.384. The first-order chi connectivity index (χ1) is 9.10. The van der Waals surface area contributed by atoms with Gasteiger partial charge in [0.1, 0.15) is 0 Å². The number of benzene rings is 1. The number of nitriles is 1.